The van der Waals surface area contributed by atoms with E-state index in [0.717, 1.165) is 41.2 Å². The first-order valence-corrected chi connectivity index (χ1v) is 9.06. The molecule has 0 saturated carbocycles. The Morgan fingerprint density at radius 3 is 2.59 bits per heavy atom. The molecule has 0 spiro atoms. The van der Waals surface area contributed by atoms with Crippen LogP contribution in [0.4, 0.5) is 5.95 Å². The van der Waals surface area contributed by atoms with Crippen molar-refractivity contribution in [2.75, 3.05) is 18.6 Å². The minimum Gasteiger partial charge on any atom is -0.496 e. The molecule has 0 radical (unpaired) electrons. The zero-order chi connectivity index (χ0) is 19.1. The number of ether oxygens (including phenoxy) is 1. The van der Waals surface area contributed by atoms with Gasteiger partial charge >= 0.3 is 5.69 Å². The summed E-state index contributed by atoms with van der Waals surface area (Å²) in [6, 6.07) is 7.90. The number of methoxy groups -OCH3 is 1. The Morgan fingerprint density at radius 2 is 1.81 bits per heavy atom. The predicted octanol–water partition coefficient (Wildman–Crippen LogP) is 1.24. The van der Waals surface area contributed by atoms with Crippen molar-refractivity contribution in [2.24, 2.45) is 14.1 Å². The van der Waals surface area contributed by atoms with Crippen LogP contribution in [-0.2, 0) is 27.2 Å². The monoisotopic (exact) mass is 369 g/mol. The van der Waals surface area contributed by atoms with E-state index < -0.39 is 0 Å². The smallest absolute Gasteiger partial charge is 0.332 e. The number of benzene rings is 1. The summed E-state index contributed by atoms with van der Waals surface area (Å²) in [5.41, 5.74) is 1.32. The summed E-state index contributed by atoms with van der Waals surface area (Å²) in [4.78, 5) is 31.9. The van der Waals surface area contributed by atoms with E-state index in [1.807, 2.05) is 28.8 Å². The fraction of sp³-hybridized carbons (Fsp3) is 0.421. The van der Waals surface area contributed by atoms with Crippen LogP contribution in [0.2, 0.25) is 0 Å². The zero-order valence-electron chi connectivity index (χ0n) is 15.8. The van der Waals surface area contributed by atoms with Gasteiger partial charge in [-0.05, 0) is 18.9 Å². The summed E-state index contributed by atoms with van der Waals surface area (Å²) >= 11 is 0. The Balaban J connectivity index is 1.89. The van der Waals surface area contributed by atoms with Crippen LogP contribution in [0.25, 0.3) is 11.2 Å². The maximum Gasteiger partial charge on any atom is 0.332 e. The number of rotatable bonds is 3. The number of imidazole rings is 1. The van der Waals surface area contributed by atoms with Gasteiger partial charge in [0.05, 0.1) is 7.11 Å². The van der Waals surface area contributed by atoms with E-state index in [4.69, 9.17) is 9.72 Å². The molecular weight excluding hydrogens is 346 g/mol. The van der Waals surface area contributed by atoms with Crippen LogP contribution in [0.3, 0.4) is 0 Å². The highest BCUT2D eigenvalue weighted by atomic mass is 16.5. The third kappa shape index (κ3) is 2.72. The van der Waals surface area contributed by atoms with E-state index in [2.05, 4.69) is 4.90 Å². The van der Waals surface area contributed by atoms with E-state index >= 15 is 0 Å². The second kappa shape index (κ2) is 6.61. The van der Waals surface area contributed by atoms with Gasteiger partial charge in [-0.15, -0.1) is 0 Å². The predicted molar refractivity (Wildman–Crippen MR) is 103 cm³/mol. The van der Waals surface area contributed by atoms with E-state index in [0.29, 0.717) is 24.3 Å². The fourth-order valence-corrected chi connectivity index (χ4v) is 3.75. The topological polar surface area (TPSA) is 74.3 Å². The highest BCUT2D eigenvalue weighted by molar-refractivity contribution is 5.74. The number of nitrogens with zero attached hydrogens (tertiary/aromatic N) is 5. The molecule has 3 heterocycles. The third-order valence-corrected chi connectivity index (χ3v) is 5.22. The van der Waals surface area contributed by atoms with Gasteiger partial charge in [-0.25, -0.2) is 4.79 Å². The highest BCUT2D eigenvalue weighted by Gasteiger charge is 2.25. The van der Waals surface area contributed by atoms with Crippen LogP contribution in [0, 0.1) is 0 Å². The molecule has 0 N–H and O–H groups in total. The van der Waals surface area contributed by atoms with Crippen molar-refractivity contribution in [3.05, 3.63) is 50.7 Å². The maximum atomic E-state index is 12.8. The molecule has 8 nitrogen and oxygen atoms in total. The molecule has 0 amide bonds. The van der Waals surface area contributed by atoms with E-state index in [1.165, 1.54) is 11.6 Å². The average molecular weight is 369 g/mol. The van der Waals surface area contributed by atoms with E-state index in [9.17, 15) is 9.59 Å². The number of aryl methyl sites for hydroxylation is 2. The van der Waals surface area contributed by atoms with E-state index in [-0.39, 0.29) is 11.2 Å². The lowest BCUT2D eigenvalue weighted by Crippen LogP contribution is -2.37. The number of para-hydroxylation sites is 1. The van der Waals surface area contributed by atoms with Gasteiger partial charge in [-0.1, -0.05) is 18.2 Å². The summed E-state index contributed by atoms with van der Waals surface area (Å²) in [5, 5.41) is 0. The average Bonchev–Trinajstić information content (AvgIpc) is 2.96. The number of hydrogen-bond donors (Lipinski definition) is 0. The Kier molecular flexibility index (Phi) is 4.25. The van der Waals surface area contributed by atoms with Crippen LogP contribution in [0.5, 0.6) is 5.75 Å². The Morgan fingerprint density at radius 1 is 1.07 bits per heavy atom. The number of anilines is 1. The molecule has 0 atom stereocenters. The summed E-state index contributed by atoms with van der Waals surface area (Å²) in [5.74, 6) is 1.56. The fourth-order valence-electron chi connectivity index (χ4n) is 3.75. The lowest BCUT2D eigenvalue weighted by Gasteiger charge is -2.22. The molecular formula is C19H23N5O3. The van der Waals surface area contributed by atoms with E-state index in [1.54, 1.807) is 14.2 Å². The van der Waals surface area contributed by atoms with Crippen LogP contribution in [0.15, 0.2) is 33.9 Å². The minimum atomic E-state index is -0.364. The standard InChI is InChI=1S/C19H23N5O3/c1-21-16-15(17(25)22(2)19(21)26)24-11-7-6-10-23(18(24)20-16)12-13-8-4-5-9-14(13)27-3/h4-5,8-9H,6-7,10-12H2,1-3H3. The first kappa shape index (κ1) is 17.4. The van der Waals surface area contributed by atoms with Crippen molar-refractivity contribution in [1.82, 2.24) is 18.7 Å². The van der Waals surface area contributed by atoms with Crippen LogP contribution in [0.1, 0.15) is 18.4 Å². The minimum absolute atomic E-state index is 0.300. The molecule has 3 aromatic rings. The van der Waals surface area contributed by atoms with Crippen molar-refractivity contribution in [3.8, 4) is 5.75 Å². The van der Waals surface area contributed by atoms with Crippen molar-refractivity contribution >= 4 is 17.1 Å². The lowest BCUT2D eigenvalue weighted by molar-refractivity contribution is 0.409. The molecule has 0 bridgehead atoms. The Labute approximate surface area is 156 Å². The quantitative estimate of drug-likeness (QED) is 0.695. The number of hydrogen-bond acceptors (Lipinski definition) is 5. The van der Waals surface area contributed by atoms with Crippen molar-refractivity contribution < 1.29 is 4.74 Å². The Hall–Kier alpha value is -3.03. The third-order valence-electron chi connectivity index (χ3n) is 5.22. The second-order valence-corrected chi connectivity index (χ2v) is 6.88. The molecule has 142 valence electrons. The molecule has 8 heteroatoms. The number of fused-ring (bicyclic) bond motifs is 3. The van der Waals surface area contributed by atoms with Crippen LogP contribution >= 0.6 is 0 Å². The van der Waals surface area contributed by atoms with Crippen molar-refractivity contribution in [3.63, 3.8) is 0 Å². The number of aromatic nitrogens is 4. The van der Waals surface area contributed by atoms with Crippen LogP contribution in [-0.4, -0.2) is 32.3 Å². The van der Waals surface area contributed by atoms with Gasteiger partial charge in [-0.3, -0.25) is 13.9 Å². The summed E-state index contributed by atoms with van der Waals surface area (Å²) < 4.78 is 10.0. The van der Waals surface area contributed by atoms with Gasteiger partial charge in [0.15, 0.2) is 11.2 Å². The van der Waals surface area contributed by atoms with Crippen LogP contribution < -0.4 is 20.9 Å². The molecule has 1 aliphatic rings. The SMILES string of the molecule is COc1ccccc1CN1CCCCn2c1nc1c2c(=O)n(C)c(=O)n1C. The normalized spacial score (nSPS) is 14.3. The van der Waals surface area contributed by atoms with Gasteiger partial charge in [0.25, 0.3) is 5.56 Å². The molecule has 1 aliphatic heterocycles. The zero-order valence-corrected chi connectivity index (χ0v) is 15.8. The molecule has 27 heavy (non-hydrogen) atoms. The molecule has 0 aliphatic carbocycles. The molecule has 0 fully saturated rings. The van der Waals surface area contributed by atoms with Gasteiger partial charge in [0.2, 0.25) is 5.95 Å². The van der Waals surface area contributed by atoms with Gasteiger partial charge in [-0.2, -0.15) is 4.98 Å². The van der Waals surface area contributed by atoms with Gasteiger partial charge < -0.3 is 14.2 Å². The summed E-state index contributed by atoms with van der Waals surface area (Å²) in [6.07, 6.45) is 1.96. The largest absolute Gasteiger partial charge is 0.496 e. The highest BCUT2D eigenvalue weighted by Crippen LogP contribution is 2.27. The second-order valence-electron chi connectivity index (χ2n) is 6.88. The molecule has 4 rings (SSSR count). The Bertz CT molecular complexity index is 1120. The molecule has 0 saturated heterocycles. The summed E-state index contributed by atoms with van der Waals surface area (Å²) in [7, 11) is 4.82. The first-order valence-electron chi connectivity index (χ1n) is 9.06. The van der Waals surface area contributed by atoms with Gasteiger partial charge in [0.1, 0.15) is 5.75 Å². The molecule has 1 aromatic carbocycles. The molecule has 2 aromatic heterocycles. The molecule has 0 unspecified atom stereocenters. The lowest BCUT2D eigenvalue weighted by atomic mass is 10.2. The van der Waals surface area contributed by atoms with Crippen molar-refractivity contribution in [1.29, 1.82) is 0 Å². The van der Waals surface area contributed by atoms with Crippen molar-refractivity contribution in [2.45, 2.75) is 25.9 Å². The maximum absolute atomic E-state index is 12.8. The summed E-state index contributed by atoms with van der Waals surface area (Å²) in [6.45, 7) is 2.17. The van der Waals surface area contributed by atoms with Gasteiger partial charge in [0, 0.05) is 39.3 Å². The first-order chi connectivity index (χ1) is 13.0.